The third-order valence-corrected chi connectivity index (χ3v) is 4.94. The number of piperazine rings is 1. The van der Waals surface area contributed by atoms with Crippen LogP contribution in [0.2, 0.25) is 0 Å². The number of benzene rings is 1. The predicted molar refractivity (Wildman–Crippen MR) is 111 cm³/mol. The summed E-state index contributed by atoms with van der Waals surface area (Å²) in [5.74, 6) is -0.131. The Morgan fingerprint density at radius 2 is 1.55 bits per heavy atom. The van der Waals surface area contributed by atoms with Gasteiger partial charge in [0.2, 0.25) is 11.8 Å². The van der Waals surface area contributed by atoms with Crippen molar-refractivity contribution in [3.05, 3.63) is 35.9 Å². The number of carbonyl (C=O) groups excluding carboxylic acids is 3. The second-order valence-electron chi connectivity index (χ2n) is 8.80. The number of rotatable bonds is 5. The molecule has 0 saturated carbocycles. The van der Waals surface area contributed by atoms with Gasteiger partial charge in [0.05, 0.1) is 0 Å². The Hall–Kier alpha value is -2.57. The maximum atomic E-state index is 13.0. The molecule has 1 N–H and O–H groups in total. The van der Waals surface area contributed by atoms with Crippen LogP contribution >= 0.6 is 0 Å². The first-order chi connectivity index (χ1) is 13.6. The van der Waals surface area contributed by atoms with Crippen molar-refractivity contribution in [2.45, 2.75) is 47.3 Å². The molecule has 160 valence electrons. The molecule has 0 spiro atoms. The van der Waals surface area contributed by atoms with E-state index < -0.39 is 17.6 Å². The smallest absolute Gasteiger partial charge is 0.408 e. The molecule has 3 amide bonds. The first kappa shape index (κ1) is 22.7. The van der Waals surface area contributed by atoms with Gasteiger partial charge in [-0.3, -0.25) is 9.59 Å². The average molecular weight is 404 g/mol. The molecule has 1 atom stereocenters. The molecule has 1 heterocycles. The molecular formula is C22H33N3O4. The van der Waals surface area contributed by atoms with Crippen LogP contribution < -0.4 is 5.32 Å². The standard InChI is InChI=1S/C22H33N3O4/c1-16(2)18(23-21(28)29-15-17-9-7-6-8-10-17)19(26)24-11-13-25(14-12-24)20(27)22(3,4)5/h6-10,16,18H,11-15H2,1-5H3,(H,23,28)/t18-/m0/s1. The average Bonchev–Trinajstić information content (AvgIpc) is 2.69. The Kier molecular flexibility index (Phi) is 7.65. The minimum Gasteiger partial charge on any atom is -0.445 e. The fraction of sp³-hybridized carbons (Fsp3) is 0.591. The van der Waals surface area contributed by atoms with Crippen molar-refractivity contribution in [3.63, 3.8) is 0 Å². The zero-order valence-corrected chi connectivity index (χ0v) is 18.1. The summed E-state index contributed by atoms with van der Waals surface area (Å²) < 4.78 is 5.26. The second-order valence-corrected chi connectivity index (χ2v) is 8.80. The van der Waals surface area contributed by atoms with Gasteiger partial charge in [-0.25, -0.2) is 4.79 Å². The van der Waals surface area contributed by atoms with Crippen LogP contribution in [0.1, 0.15) is 40.2 Å². The number of nitrogens with zero attached hydrogens (tertiary/aromatic N) is 2. The lowest BCUT2D eigenvalue weighted by Crippen LogP contribution is -2.58. The Balaban J connectivity index is 1.89. The molecular weight excluding hydrogens is 370 g/mol. The molecule has 7 nitrogen and oxygen atoms in total. The first-order valence-corrected chi connectivity index (χ1v) is 10.1. The normalized spacial score (nSPS) is 15.8. The highest BCUT2D eigenvalue weighted by Gasteiger charge is 2.34. The van der Waals surface area contributed by atoms with Gasteiger partial charge < -0.3 is 19.9 Å². The van der Waals surface area contributed by atoms with Crippen LogP contribution in [0, 0.1) is 11.3 Å². The van der Waals surface area contributed by atoms with Gasteiger partial charge >= 0.3 is 6.09 Å². The molecule has 1 aromatic rings. The number of hydrogen-bond acceptors (Lipinski definition) is 4. The monoisotopic (exact) mass is 403 g/mol. The van der Waals surface area contributed by atoms with Gasteiger partial charge in [0.15, 0.2) is 0 Å². The Morgan fingerprint density at radius 3 is 2.07 bits per heavy atom. The van der Waals surface area contributed by atoms with Crippen LogP contribution in [0.4, 0.5) is 4.79 Å². The first-order valence-electron chi connectivity index (χ1n) is 10.1. The minimum atomic E-state index is -0.664. The third-order valence-electron chi connectivity index (χ3n) is 4.94. The Morgan fingerprint density at radius 1 is 1.00 bits per heavy atom. The van der Waals surface area contributed by atoms with E-state index >= 15 is 0 Å². The zero-order valence-electron chi connectivity index (χ0n) is 18.1. The molecule has 7 heteroatoms. The number of nitrogens with one attached hydrogen (secondary N) is 1. The van der Waals surface area contributed by atoms with Gasteiger partial charge in [0.1, 0.15) is 12.6 Å². The number of ether oxygens (including phenoxy) is 1. The summed E-state index contributed by atoms with van der Waals surface area (Å²) in [4.78, 5) is 41.1. The summed E-state index contributed by atoms with van der Waals surface area (Å²) in [7, 11) is 0. The summed E-state index contributed by atoms with van der Waals surface area (Å²) in [6.45, 7) is 11.6. The molecule has 0 radical (unpaired) electrons. The van der Waals surface area contributed by atoms with Gasteiger partial charge in [0.25, 0.3) is 0 Å². The maximum absolute atomic E-state index is 13.0. The Labute approximate surface area is 173 Å². The molecule has 1 aliphatic heterocycles. The Bertz CT molecular complexity index is 705. The summed E-state index contributed by atoms with van der Waals surface area (Å²) in [5, 5.41) is 2.71. The van der Waals surface area contributed by atoms with Crippen LogP contribution in [-0.4, -0.2) is 59.9 Å². The molecule has 29 heavy (non-hydrogen) atoms. The molecule has 0 aromatic heterocycles. The van der Waals surface area contributed by atoms with E-state index in [-0.39, 0.29) is 24.3 Å². The van der Waals surface area contributed by atoms with E-state index in [1.165, 1.54) is 0 Å². The highest BCUT2D eigenvalue weighted by molar-refractivity contribution is 5.86. The van der Waals surface area contributed by atoms with Crippen molar-refractivity contribution in [3.8, 4) is 0 Å². The molecule has 0 aliphatic carbocycles. The molecule has 1 fully saturated rings. The van der Waals surface area contributed by atoms with Gasteiger partial charge in [0, 0.05) is 31.6 Å². The number of amides is 3. The van der Waals surface area contributed by atoms with Crippen LogP contribution in [0.25, 0.3) is 0 Å². The van der Waals surface area contributed by atoms with Crippen molar-refractivity contribution >= 4 is 17.9 Å². The molecule has 2 rings (SSSR count). The van der Waals surface area contributed by atoms with E-state index in [1.807, 2.05) is 65.0 Å². The van der Waals surface area contributed by atoms with E-state index in [0.717, 1.165) is 5.56 Å². The minimum absolute atomic E-state index is 0.0824. The maximum Gasteiger partial charge on any atom is 0.408 e. The third kappa shape index (κ3) is 6.48. The SMILES string of the molecule is CC(C)[C@H](NC(=O)OCc1ccccc1)C(=O)N1CCN(C(=O)C(C)(C)C)CC1. The molecule has 1 aliphatic rings. The fourth-order valence-corrected chi connectivity index (χ4v) is 3.21. The number of alkyl carbamates (subject to hydrolysis) is 1. The number of hydrogen-bond donors (Lipinski definition) is 1. The lowest BCUT2D eigenvalue weighted by atomic mass is 9.94. The predicted octanol–water partition coefficient (Wildman–Crippen LogP) is 2.65. The van der Waals surface area contributed by atoms with Crippen molar-refractivity contribution in [1.82, 2.24) is 15.1 Å². The van der Waals surface area contributed by atoms with Crippen molar-refractivity contribution < 1.29 is 19.1 Å². The molecule has 1 saturated heterocycles. The van der Waals surface area contributed by atoms with Crippen molar-refractivity contribution in [2.75, 3.05) is 26.2 Å². The fourth-order valence-electron chi connectivity index (χ4n) is 3.21. The highest BCUT2D eigenvalue weighted by atomic mass is 16.5. The number of carbonyl (C=O) groups is 3. The summed E-state index contributed by atoms with van der Waals surface area (Å²) in [6.07, 6.45) is -0.609. The van der Waals surface area contributed by atoms with Crippen LogP contribution in [0.15, 0.2) is 30.3 Å². The summed E-state index contributed by atoms with van der Waals surface area (Å²) >= 11 is 0. The van der Waals surface area contributed by atoms with E-state index in [2.05, 4.69) is 5.32 Å². The largest absolute Gasteiger partial charge is 0.445 e. The molecule has 1 aromatic carbocycles. The zero-order chi connectivity index (χ0) is 21.6. The van der Waals surface area contributed by atoms with E-state index in [1.54, 1.807) is 9.80 Å². The van der Waals surface area contributed by atoms with E-state index in [9.17, 15) is 14.4 Å². The van der Waals surface area contributed by atoms with Gasteiger partial charge in [-0.2, -0.15) is 0 Å². The van der Waals surface area contributed by atoms with Crippen LogP contribution in [0.3, 0.4) is 0 Å². The van der Waals surface area contributed by atoms with E-state index in [0.29, 0.717) is 26.2 Å². The van der Waals surface area contributed by atoms with Crippen LogP contribution in [-0.2, 0) is 20.9 Å². The lowest BCUT2D eigenvalue weighted by molar-refractivity contribution is -0.145. The molecule has 0 unspecified atom stereocenters. The second kappa shape index (κ2) is 9.76. The van der Waals surface area contributed by atoms with E-state index in [4.69, 9.17) is 4.74 Å². The van der Waals surface area contributed by atoms with Crippen molar-refractivity contribution in [2.24, 2.45) is 11.3 Å². The lowest BCUT2D eigenvalue weighted by Gasteiger charge is -2.39. The van der Waals surface area contributed by atoms with Crippen LogP contribution in [0.5, 0.6) is 0 Å². The summed E-state index contributed by atoms with van der Waals surface area (Å²) in [5.41, 5.74) is 0.450. The molecule has 0 bridgehead atoms. The van der Waals surface area contributed by atoms with Gasteiger partial charge in [-0.1, -0.05) is 65.0 Å². The van der Waals surface area contributed by atoms with Gasteiger partial charge in [-0.05, 0) is 11.5 Å². The van der Waals surface area contributed by atoms with Crippen molar-refractivity contribution in [1.29, 1.82) is 0 Å². The topological polar surface area (TPSA) is 79.0 Å². The highest BCUT2D eigenvalue weighted by Crippen LogP contribution is 2.19. The van der Waals surface area contributed by atoms with Gasteiger partial charge in [-0.15, -0.1) is 0 Å². The quantitative estimate of drug-likeness (QED) is 0.820. The summed E-state index contributed by atoms with van der Waals surface area (Å²) in [6, 6.07) is 8.73.